The van der Waals surface area contributed by atoms with E-state index in [1.54, 1.807) is 18.2 Å². The van der Waals surface area contributed by atoms with E-state index in [0.717, 1.165) is 18.7 Å². The number of rotatable bonds is 4. The summed E-state index contributed by atoms with van der Waals surface area (Å²) in [5, 5.41) is 13.8. The summed E-state index contributed by atoms with van der Waals surface area (Å²) >= 11 is 5.98. The molecule has 1 saturated heterocycles. The van der Waals surface area contributed by atoms with E-state index in [4.69, 9.17) is 16.0 Å². The number of oxazole rings is 1. The van der Waals surface area contributed by atoms with E-state index in [2.05, 4.69) is 27.1 Å². The number of likely N-dealkylation sites (tertiary alicyclic amines) is 1. The van der Waals surface area contributed by atoms with Gasteiger partial charge in [0.1, 0.15) is 11.9 Å². The predicted molar refractivity (Wildman–Crippen MR) is 108 cm³/mol. The molecule has 1 fully saturated rings. The number of hydrogen-bond acceptors (Lipinski definition) is 6. The summed E-state index contributed by atoms with van der Waals surface area (Å²) < 4.78 is 20.0. The smallest absolute Gasteiger partial charge is 0.297 e. The van der Waals surface area contributed by atoms with E-state index in [1.165, 1.54) is 6.07 Å². The molecule has 0 saturated carbocycles. The van der Waals surface area contributed by atoms with Gasteiger partial charge in [-0.3, -0.25) is 0 Å². The van der Waals surface area contributed by atoms with Crippen molar-refractivity contribution in [3.63, 3.8) is 0 Å². The monoisotopic (exact) mass is 404 g/mol. The number of phenolic OH excluding ortho intramolecular Hbond substituents is 1. The highest BCUT2D eigenvalue weighted by Gasteiger charge is 2.29. The maximum absolute atomic E-state index is 14.3. The zero-order valence-corrected chi connectivity index (χ0v) is 16.5. The summed E-state index contributed by atoms with van der Waals surface area (Å²) in [5.74, 6) is 0.0563. The van der Waals surface area contributed by atoms with E-state index in [0.29, 0.717) is 40.5 Å². The van der Waals surface area contributed by atoms with Crippen molar-refractivity contribution >= 4 is 28.8 Å². The number of aromatic nitrogens is 2. The Morgan fingerprint density at radius 1 is 1.36 bits per heavy atom. The molecule has 1 aliphatic heterocycles. The van der Waals surface area contributed by atoms with Crippen LogP contribution < -0.4 is 5.32 Å². The molecule has 0 bridgehead atoms. The van der Waals surface area contributed by atoms with Crippen molar-refractivity contribution in [2.45, 2.75) is 32.5 Å². The highest BCUT2D eigenvalue weighted by atomic mass is 35.5. The van der Waals surface area contributed by atoms with Gasteiger partial charge in [0.2, 0.25) is 5.65 Å². The number of piperidine rings is 1. The number of hydrogen-bond donors (Lipinski definition) is 2. The molecule has 4 rings (SSSR count). The second-order valence-corrected chi connectivity index (χ2v) is 7.54. The van der Waals surface area contributed by atoms with E-state index in [1.807, 2.05) is 6.92 Å². The van der Waals surface area contributed by atoms with Crippen molar-refractivity contribution in [3.8, 4) is 17.0 Å². The average molecular weight is 405 g/mol. The normalized spacial score (nSPS) is 20.6. The number of alkyl halides is 1. The molecule has 2 atom stereocenters. The van der Waals surface area contributed by atoms with E-state index >= 15 is 0 Å². The first-order valence-corrected chi connectivity index (χ1v) is 9.72. The Morgan fingerprint density at radius 2 is 2.18 bits per heavy atom. The molecule has 8 heteroatoms. The number of fused-ring (bicyclic) bond motifs is 1. The Morgan fingerprint density at radius 3 is 2.93 bits per heavy atom. The summed E-state index contributed by atoms with van der Waals surface area (Å²) in [4.78, 5) is 11.1. The molecular formula is C20H22ClFN4O2. The van der Waals surface area contributed by atoms with Crippen LogP contribution in [0.4, 0.5) is 10.4 Å². The van der Waals surface area contributed by atoms with Gasteiger partial charge in [-0.05, 0) is 49.7 Å². The number of anilines is 1. The third-order valence-corrected chi connectivity index (χ3v) is 5.38. The number of aryl methyl sites for hydroxylation is 1. The van der Waals surface area contributed by atoms with Crippen LogP contribution in [0.25, 0.3) is 22.5 Å². The Kier molecular flexibility index (Phi) is 5.12. The molecule has 1 aliphatic rings. The molecule has 2 N–H and O–H groups in total. The Labute approximate surface area is 167 Å². The van der Waals surface area contributed by atoms with Crippen LogP contribution in [0.2, 0.25) is 5.02 Å². The largest absolute Gasteiger partial charge is 0.507 e. The first kappa shape index (κ1) is 19.0. The topological polar surface area (TPSA) is 74.4 Å². The van der Waals surface area contributed by atoms with Crippen molar-refractivity contribution in [3.05, 3.63) is 34.9 Å². The van der Waals surface area contributed by atoms with Gasteiger partial charge in [0.05, 0.1) is 11.7 Å². The van der Waals surface area contributed by atoms with Crippen LogP contribution in [0.1, 0.15) is 18.9 Å². The molecular weight excluding hydrogens is 383 g/mol. The van der Waals surface area contributed by atoms with Gasteiger partial charge in [0, 0.05) is 23.7 Å². The van der Waals surface area contributed by atoms with Crippen molar-refractivity contribution < 1.29 is 13.9 Å². The molecule has 0 amide bonds. The lowest BCUT2D eigenvalue weighted by Gasteiger charge is -2.34. The zero-order chi connectivity index (χ0) is 19.8. The minimum Gasteiger partial charge on any atom is -0.507 e. The third kappa shape index (κ3) is 3.64. The molecule has 3 heterocycles. The first-order chi connectivity index (χ1) is 13.4. The first-order valence-electron chi connectivity index (χ1n) is 9.34. The molecule has 0 aliphatic carbocycles. The summed E-state index contributed by atoms with van der Waals surface area (Å²) in [6, 6.07) is 6.63. The number of likely N-dealkylation sites (N-methyl/N-ethyl adjacent to an activating group) is 1. The van der Waals surface area contributed by atoms with Gasteiger partial charge in [-0.2, -0.15) is 4.98 Å². The van der Waals surface area contributed by atoms with Gasteiger partial charge in [-0.25, -0.2) is 9.37 Å². The van der Waals surface area contributed by atoms with Crippen LogP contribution in [0.5, 0.6) is 5.75 Å². The lowest BCUT2D eigenvalue weighted by Crippen LogP contribution is -2.48. The fourth-order valence-electron chi connectivity index (χ4n) is 3.65. The summed E-state index contributed by atoms with van der Waals surface area (Å²) in [5.41, 5.74) is 2.86. The van der Waals surface area contributed by atoms with Crippen LogP contribution in [-0.2, 0) is 0 Å². The Bertz CT molecular complexity index is 986. The lowest BCUT2D eigenvalue weighted by molar-refractivity contribution is 0.140. The Balaban J connectivity index is 1.62. The second kappa shape index (κ2) is 7.56. The van der Waals surface area contributed by atoms with Crippen LogP contribution in [0.3, 0.4) is 0 Å². The van der Waals surface area contributed by atoms with Crippen molar-refractivity contribution in [2.24, 2.45) is 0 Å². The van der Waals surface area contributed by atoms with Gasteiger partial charge in [-0.15, -0.1) is 0 Å². The van der Waals surface area contributed by atoms with Crippen LogP contribution >= 0.6 is 11.6 Å². The lowest BCUT2D eigenvalue weighted by atomic mass is 10.0. The zero-order valence-electron chi connectivity index (χ0n) is 15.7. The quantitative estimate of drug-likeness (QED) is 0.671. The van der Waals surface area contributed by atoms with E-state index in [9.17, 15) is 9.50 Å². The third-order valence-electron chi connectivity index (χ3n) is 5.16. The summed E-state index contributed by atoms with van der Waals surface area (Å²) in [6.45, 7) is 6.17. The maximum Gasteiger partial charge on any atom is 0.297 e. The van der Waals surface area contributed by atoms with Crippen LogP contribution in [0.15, 0.2) is 28.7 Å². The van der Waals surface area contributed by atoms with E-state index in [-0.39, 0.29) is 17.8 Å². The van der Waals surface area contributed by atoms with Gasteiger partial charge in [0.25, 0.3) is 6.01 Å². The number of pyridine rings is 1. The standard InChI is InChI=1S/C20H22ClFN4O2/c1-3-26-7-6-13(22)15(10-26)24-20-25-19-17(28-20)5-4-14(23-19)18-11(2)8-12(21)9-16(18)27/h4-5,8-9,13,15,27H,3,6-7,10H2,1-2H3,(H,23,24,25)/t13-,15-/m1/s1. The molecule has 3 aromatic rings. The van der Waals surface area contributed by atoms with Gasteiger partial charge >= 0.3 is 0 Å². The van der Waals surface area contributed by atoms with Crippen molar-refractivity contribution in [1.29, 1.82) is 0 Å². The maximum atomic E-state index is 14.3. The Hall–Kier alpha value is -2.38. The number of nitrogens with zero attached hydrogens (tertiary/aromatic N) is 3. The number of halogens is 2. The van der Waals surface area contributed by atoms with E-state index < -0.39 is 6.17 Å². The molecule has 0 unspecified atom stereocenters. The predicted octanol–water partition coefficient (Wildman–Crippen LogP) is 4.40. The van der Waals surface area contributed by atoms with Crippen LogP contribution in [-0.4, -0.2) is 51.8 Å². The molecule has 148 valence electrons. The number of aromatic hydroxyl groups is 1. The minimum atomic E-state index is -0.949. The fourth-order valence-corrected chi connectivity index (χ4v) is 3.92. The van der Waals surface area contributed by atoms with Gasteiger partial charge in [0.15, 0.2) is 5.58 Å². The van der Waals surface area contributed by atoms with Crippen LogP contribution in [0, 0.1) is 6.92 Å². The summed E-state index contributed by atoms with van der Waals surface area (Å²) in [6.07, 6.45) is -0.460. The van der Waals surface area contributed by atoms with Gasteiger partial charge in [-0.1, -0.05) is 18.5 Å². The molecule has 28 heavy (non-hydrogen) atoms. The highest BCUT2D eigenvalue weighted by molar-refractivity contribution is 6.31. The number of phenols is 1. The molecule has 0 radical (unpaired) electrons. The fraction of sp³-hybridized carbons (Fsp3) is 0.400. The second-order valence-electron chi connectivity index (χ2n) is 7.10. The number of nitrogens with one attached hydrogen (secondary N) is 1. The molecule has 6 nitrogen and oxygen atoms in total. The van der Waals surface area contributed by atoms with Crippen molar-refractivity contribution in [2.75, 3.05) is 25.0 Å². The minimum absolute atomic E-state index is 0.0563. The van der Waals surface area contributed by atoms with Gasteiger partial charge < -0.3 is 19.7 Å². The average Bonchev–Trinajstić information content (AvgIpc) is 3.04. The highest BCUT2D eigenvalue weighted by Crippen LogP contribution is 2.35. The SMILES string of the molecule is CCN1CC[C@@H](F)[C@H](Nc2nc3nc(-c4c(C)cc(Cl)cc4O)ccc3o2)C1. The van der Waals surface area contributed by atoms with Crippen molar-refractivity contribution in [1.82, 2.24) is 14.9 Å². The molecule has 1 aromatic carbocycles. The molecule has 0 spiro atoms. The molecule has 2 aromatic heterocycles. The number of benzene rings is 1. The summed E-state index contributed by atoms with van der Waals surface area (Å²) in [7, 11) is 0.